The van der Waals surface area contributed by atoms with Crippen molar-refractivity contribution in [2.45, 2.75) is 0 Å². The fraction of sp³-hybridized carbons (Fsp3) is 0. The van der Waals surface area contributed by atoms with E-state index in [1.54, 1.807) is 0 Å². The van der Waals surface area contributed by atoms with Crippen LogP contribution in [0.2, 0.25) is 0 Å². The van der Waals surface area contributed by atoms with Crippen molar-refractivity contribution in [3.05, 3.63) is 32.8 Å². The zero-order valence-corrected chi connectivity index (χ0v) is 10.9. The molecule has 0 saturated heterocycles. The average molecular weight is 346 g/mol. The summed E-state index contributed by atoms with van der Waals surface area (Å²) < 4.78 is 1.05. The van der Waals surface area contributed by atoms with Gasteiger partial charge < -0.3 is 11.1 Å². The standard InChI is InChI=1S/C9H7IN4OS/c10-5-2-1-3-6(4-5)12-7(15)8-13-14-9(11)16-8/h1-4H,(H2,11,14)(H,12,15). The number of anilines is 2. The summed E-state index contributed by atoms with van der Waals surface area (Å²) in [6, 6.07) is 7.48. The molecule has 3 N–H and O–H groups in total. The fourth-order valence-electron chi connectivity index (χ4n) is 1.08. The first kappa shape index (κ1) is 11.3. The van der Waals surface area contributed by atoms with Crippen molar-refractivity contribution < 1.29 is 4.79 Å². The number of hydrogen-bond donors (Lipinski definition) is 2. The summed E-state index contributed by atoms with van der Waals surface area (Å²) in [5.74, 6) is -0.295. The molecule has 0 spiro atoms. The normalized spacial score (nSPS) is 10.1. The van der Waals surface area contributed by atoms with E-state index in [0.29, 0.717) is 0 Å². The molecule has 16 heavy (non-hydrogen) atoms. The van der Waals surface area contributed by atoms with Gasteiger partial charge in [0, 0.05) is 9.26 Å². The van der Waals surface area contributed by atoms with Gasteiger partial charge in [0.25, 0.3) is 5.91 Å². The van der Waals surface area contributed by atoms with Gasteiger partial charge in [-0.3, -0.25) is 4.79 Å². The number of nitrogens with zero attached hydrogens (tertiary/aromatic N) is 2. The third kappa shape index (κ3) is 2.67. The van der Waals surface area contributed by atoms with Gasteiger partial charge in [0.05, 0.1) is 0 Å². The SMILES string of the molecule is Nc1nnc(C(=O)Nc2cccc(I)c2)s1. The van der Waals surface area contributed by atoms with Crippen LogP contribution in [0, 0.1) is 3.57 Å². The second kappa shape index (κ2) is 4.74. The van der Waals surface area contributed by atoms with Gasteiger partial charge >= 0.3 is 0 Å². The number of nitrogen functional groups attached to an aromatic ring is 1. The molecule has 1 aromatic carbocycles. The molecule has 82 valence electrons. The van der Waals surface area contributed by atoms with Crippen LogP contribution in [0.5, 0.6) is 0 Å². The van der Waals surface area contributed by atoms with Crippen LogP contribution in [-0.2, 0) is 0 Å². The molecule has 0 aliphatic carbocycles. The summed E-state index contributed by atoms with van der Waals surface area (Å²) in [5.41, 5.74) is 6.13. The highest BCUT2D eigenvalue weighted by Gasteiger charge is 2.11. The van der Waals surface area contributed by atoms with Crippen molar-refractivity contribution >= 4 is 50.7 Å². The van der Waals surface area contributed by atoms with Crippen LogP contribution in [0.25, 0.3) is 0 Å². The molecule has 0 radical (unpaired) electrons. The van der Waals surface area contributed by atoms with Crippen LogP contribution in [0.3, 0.4) is 0 Å². The van der Waals surface area contributed by atoms with Crippen LogP contribution in [-0.4, -0.2) is 16.1 Å². The maximum atomic E-state index is 11.7. The number of nitrogens with two attached hydrogens (primary N) is 1. The van der Waals surface area contributed by atoms with Crippen molar-refractivity contribution in [1.82, 2.24) is 10.2 Å². The first-order chi connectivity index (χ1) is 7.65. The maximum Gasteiger partial charge on any atom is 0.286 e. The summed E-state index contributed by atoms with van der Waals surface area (Å²) in [6.45, 7) is 0. The van der Waals surface area contributed by atoms with Crippen LogP contribution >= 0.6 is 33.9 Å². The van der Waals surface area contributed by atoms with Gasteiger partial charge in [0.15, 0.2) is 0 Å². The lowest BCUT2D eigenvalue weighted by Gasteiger charge is -2.02. The summed E-state index contributed by atoms with van der Waals surface area (Å²) in [6.07, 6.45) is 0. The minimum atomic E-state index is -0.295. The van der Waals surface area contributed by atoms with Crippen molar-refractivity contribution in [2.75, 3.05) is 11.1 Å². The number of carbonyl (C=O) groups excluding carboxylic acids is 1. The maximum absolute atomic E-state index is 11.7. The van der Waals surface area contributed by atoms with Crippen LogP contribution in [0.15, 0.2) is 24.3 Å². The third-order valence-corrected chi connectivity index (χ3v) is 3.14. The first-order valence-electron chi connectivity index (χ1n) is 4.31. The Labute approximate surface area is 109 Å². The summed E-state index contributed by atoms with van der Waals surface area (Å²) in [5, 5.41) is 10.5. The predicted octanol–water partition coefficient (Wildman–Crippen LogP) is 1.98. The molecule has 0 aliphatic rings. The van der Waals surface area contributed by atoms with Crippen LogP contribution in [0.4, 0.5) is 10.8 Å². The lowest BCUT2D eigenvalue weighted by Crippen LogP contribution is -2.11. The number of hydrogen-bond acceptors (Lipinski definition) is 5. The third-order valence-electron chi connectivity index (χ3n) is 1.72. The molecule has 0 unspecified atom stereocenters. The molecule has 0 atom stereocenters. The molecule has 1 amide bonds. The van der Waals surface area contributed by atoms with Gasteiger partial charge in [0.2, 0.25) is 10.1 Å². The molecule has 0 aliphatic heterocycles. The van der Waals surface area contributed by atoms with Gasteiger partial charge in [-0.15, -0.1) is 10.2 Å². The Morgan fingerprint density at radius 2 is 2.25 bits per heavy atom. The Morgan fingerprint density at radius 1 is 1.44 bits per heavy atom. The van der Waals surface area contributed by atoms with E-state index in [9.17, 15) is 4.79 Å². The van der Waals surface area contributed by atoms with Gasteiger partial charge in [0.1, 0.15) is 0 Å². The number of halogens is 1. The molecule has 1 heterocycles. The van der Waals surface area contributed by atoms with Gasteiger partial charge in [-0.1, -0.05) is 17.4 Å². The monoisotopic (exact) mass is 346 g/mol. The highest BCUT2D eigenvalue weighted by atomic mass is 127. The molecular formula is C9H7IN4OS. The second-order valence-electron chi connectivity index (χ2n) is 2.91. The summed E-state index contributed by atoms with van der Waals surface area (Å²) in [7, 11) is 0. The van der Waals surface area contributed by atoms with Crippen LogP contribution in [0.1, 0.15) is 9.80 Å². The number of carbonyl (C=O) groups is 1. The molecule has 0 bridgehead atoms. The van der Waals surface area contributed by atoms with Crippen LogP contribution < -0.4 is 11.1 Å². The molecule has 2 rings (SSSR count). The molecule has 2 aromatic rings. The van der Waals surface area contributed by atoms with Gasteiger partial charge in [-0.25, -0.2) is 0 Å². The minimum absolute atomic E-state index is 0.261. The van der Waals surface area contributed by atoms with E-state index < -0.39 is 0 Å². The lowest BCUT2D eigenvalue weighted by atomic mass is 10.3. The summed E-state index contributed by atoms with van der Waals surface area (Å²) >= 11 is 3.24. The smallest absolute Gasteiger partial charge is 0.286 e. The van der Waals surface area contributed by atoms with E-state index >= 15 is 0 Å². The van der Waals surface area contributed by atoms with E-state index in [1.807, 2.05) is 24.3 Å². The Bertz CT molecular complexity index is 528. The topological polar surface area (TPSA) is 80.9 Å². The number of aromatic nitrogens is 2. The summed E-state index contributed by atoms with van der Waals surface area (Å²) in [4.78, 5) is 11.7. The lowest BCUT2D eigenvalue weighted by molar-refractivity contribution is 0.102. The molecule has 0 saturated carbocycles. The quantitative estimate of drug-likeness (QED) is 0.815. The van der Waals surface area contributed by atoms with E-state index in [4.69, 9.17) is 5.73 Å². The van der Waals surface area contributed by atoms with Crippen molar-refractivity contribution in [3.8, 4) is 0 Å². The zero-order chi connectivity index (χ0) is 11.5. The van der Waals surface area contributed by atoms with E-state index in [1.165, 1.54) is 0 Å². The van der Waals surface area contributed by atoms with Gasteiger partial charge in [-0.05, 0) is 40.8 Å². The second-order valence-corrected chi connectivity index (χ2v) is 5.16. The van der Waals surface area contributed by atoms with Crippen molar-refractivity contribution in [3.63, 3.8) is 0 Å². The molecule has 0 fully saturated rings. The predicted molar refractivity (Wildman–Crippen MR) is 71.4 cm³/mol. The highest BCUT2D eigenvalue weighted by molar-refractivity contribution is 14.1. The largest absolute Gasteiger partial charge is 0.374 e. The zero-order valence-electron chi connectivity index (χ0n) is 7.98. The highest BCUT2D eigenvalue weighted by Crippen LogP contribution is 2.16. The number of amides is 1. The molecular weight excluding hydrogens is 339 g/mol. The Hall–Kier alpha value is -1.22. The fourth-order valence-corrected chi connectivity index (χ4v) is 2.13. The number of nitrogens with one attached hydrogen (secondary N) is 1. The number of benzene rings is 1. The van der Waals surface area contributed by atoms with E-state index in [-0.39, 0.29) is 16.0 Å². The molecule has 7 heteroatoms. The van der Waals surface area contributed by atoms with Crippen molar-refractivity contribution in [2.24, 2.45) is 0 Å². The van der Waals surface area contributed by atoms with E-state index in [2.05, 4.69) is 38.1 Å². The average Bonchev–Trinajstić information content (AvgIpc) is 2.65. The minimum Gasteiger partial charge on any atom is -0.374 e. The Balaban J connectivity index is 2.13. The van der Waals surface area contributed by atoms with Gasteiger partial charge in [-0.2, -0.15) is 0 Å². The molecule has 5 nitrogen and oxygen atoms in total. The number of rotatable bonds is 2. The first-order valence-corrected chi connectivity index (χ1v) is 6.20. The Morgan fingerprint density at radius 3 is 2.88 bits per heavy atom. The Kier molecular flexibility index (Phi) is 3.34. The van der Waals surface area contributed by atoms with Crippen molar-refractivity contribution in [1.29, 1.82) is 0 Å². The molecule has 1 aromatic heterocycles. The van der Waals surface area contributed by atoms with E-state index in [0.717, 1.165) is 20.6 Å².